The third-order valence-corrected chi connectivity index (χ3v) is 4.63. The molecule has 0 aromatic heterocycles. The Morgan fingerprint density at radius 1 is 1.27 bits per heavy atom. The predicted molar refractivity (Wildman–Crippen MR) is 94.1 cm³/mol. The molecular weight excluding hydrogens is 362 g/mol. The lowest BCUT2D eigenvalue weighted by Gasteiger charge is -2.17. The van der Waals surface area contributed by atoms with Gasteiger partial charge in [-0.15, -0.1) is 0 Å². The van der Waals surface area contributed by atoms with E-state index in [0.29, 0.717) is 6.42 Å². The third-order valence-electron chi connectivity index (χ3n) is 4.21. The molecule has 3 rings (SSSR count). The second-order valence-electron chi connectivity index (χ2n) is 6.19. The van der Waals surface area contributed by atoms with Gasteiger partial charge < -0.3 is 24.9 Å². The number of ether oxygens (including phenoxy) is 2. The molecule has 1 aromatic rings. The number of esters is 1. The van der Waals surface area contributed by atoms with Gasteiger partial charge in [-0.2, -0.15) is 0 Å². The number of hydrogen-bond donors (Lipinski definition) is 3. The zero-order valence-corrected chi connectivity index (χ0v) is 14.7. The third kappa shape index (κ3) is 3.84. The van der Waals surface area contributed by atoms with Gasteiger partial charge in [0, 0.05) is 18.9 Å². The van der Waals surface area contributed by atoms with Gasteiger partial charge in [0.05, 0.1) is 16.8 Å². The van der Waals surface area contributed by atoms with Gasteiger partial charge in [-0.3, -0.25) is 0 Å². The number of phenolic OH excluding ortho intramolecular Hbond substituents is 2. The van der Waals surface area contributed by atoms with Crippen LogP contribution in [0.15, 0.2) is 35.5 Å². The molecule has 7 nitrogen and oxygen atoms in total. The molecule has 138 valence electrons. The molecule has 0 amide bonds. The van der Waals surface area contributed by atoms with Crippen molar-refractivity contribution in [1.82, 2.24) is 0 Å². The number of oxime groups is 1. The number of halogens is 1. The molecule has 2 aliphatic rings. The van der Waals surface area contributed by atoms with Crippen molar-refractivity contribution in [2.45, 2.75) is 38.1 Å². The molecule has 26 heavy (non-hydrogen) atoms. The molecule has 0 saturated carbocycles. The number of allylic oxidation sites excluding steroid dienone is 3. The molecule has 8 heteroatoms. The Morgan fingerprint density at radius 2 is 2.04 bits per heavy atom. The molecule has 0 unspecified atom stereocenters. The van der Waals surface area contributed by atoms with E-state index in [1.165, 1.54) is 6.08 Å². The molecule has 2 heterocycles. The number of phenols is 2. The van der Waals surface area contributed by atoms with Gasteiger partial charge in [0.25, 0.3) is 0 Å². The fourth-order valence-electron chi connectivity index (χ4n) is 2.86. The summed E-state index contributed by atoms with van der Waals surface area (Å²) in [6, 6.07) is 0.977. The molecule has 3 atom stereocenters. The van der Waals surface area contributed by atoms with E-state index in [0.717, 1.165) is 6.07 Å². The number of carbonyl (C=O) groups excluding carboxylic acids is 1. The lowest BCUT2D eigenvalue weighted by Crippen LogP contribution is -2.19. The molecule has 1 fully saturated rings. The normalized spacial score (nSPS) is 29.8. The molecule has 3 N–H and O–H groups in total. The molecule has 1 aromatic carbocycles. The zero-order valence-electron chi connectivity index (χ0n) is 13.9. The first-order valence-electron chi connectivity index (χ1n) is 8.06. The number of hydrogen-bond acceptors (Lipinski definition) is 7. The van der Waals surface area contributed by atoms with Gasteiger partial charge in [0.15, 0.2) is 0 Å². The average molecular weight is 380 g/mol. The fourth-order valence-corrected chi connectivity index (χ4v) is 3.07. The first-order valence-corrected chi connectivity index (χ1v) is 8.44. The Balaban J connectivity index is 2.05. The second kappa shape index (κ2) is 7.39. The monoisotopic (exact) mass is 379 g/mol. The smallest absolute Gasteiger partial charge is 0.342 e. The topological polar surface area (TPSA) is 112 Å². The average Bonchev–Trinajstić information content (AvgIpc) is 3.31. The summed E-state index contributed by atoms with van der Waals surface area (Å²) in [5.41, 5.74) is 0.115. The lowest BCUT2D eigenvalue weighted by atomic mass is 9.99. The number of epoxide rings is 1. The maximum Gasteiger partial charge on any atom is 0.342 e. The summed E-state index contributed by atoms with van der Waals surface area (Å²) in [7, 11) is 0. The Bertz CT molecular complexity index is 816. The number of aromatic hydroxyl groups is 2. The van der Waals surface area contributed by atoms with Crippen LogP contribution in [-0.4, -0.2) is 45.4 Å². The summed E-state index contributed by atoms with van der Waals surface area (Å²) in [6.45, 7) is 1.73. The van der Waals surface area contributed by atoms with Gasteiger partial charge >= 0.3 is 5.97 Å². The van der Waals surface area contributed by atoms with E-state index >= 15 is 0 Å². The molecule has 0 spiro atoms. The molecule has 2 aliphatic heterocycles. The highest BCUT2D eigenvalue weighted by Crippen LogP contribution is 2.37. The highest BCUT2D eigenvalue weighted by atomic mass is 35.5. The molecule has 1 saturated heterocycles. The van der Waals surface area contributed by atoms with Crippen LogP contribution in [0.3, 0.4) is 0 Å². The van der Waals surface area contributed by atoms with Crippen LogP contribution in [-0.2, 0) is 15.9 Å². The molecule has 0 radical (unpaired) electrons. The molecular formula is C18H18ClNO6. The van der Waals surface area contributed by atoms with Crippen LogP contribution in [0, 0.1) is 0 Å². The van der Waals surface area contributed by atoms with E-state index in [4.69, 9.17) is 21.1 Å². The lowest BCUT2D eigenvalue weighted by molar-refractivity contribution is 0.0306. The zero-order chi connectivity index (χ0) is 18.8. The van der Waals surface area contributed by atoms with Crippen LogP contribution in [0.2, 0.25) is 5.02 Å². The minimum absolute atomic E-state index is 0.0483. The number of cyclic esters (lactones) is 1. The maximum absolute atomic E-state index is 12.6. The molecule has 0 bridgehead atoms. The van der Waals surface area contributed by atoms with Crippen molar-refractivity contribution >= 4 is 23.3 Å². The standard InChI is InChI=1S/C18H18ClNO6/c1-9-6-15-14(26-15)5-3-2-4-10(20-24)7-11-16(18(23)25-9)12(21)8-13(22)17(11)19/h2-5,8-9,14-15,21-22,24H,6-7H2,1H3/b4-2+,5-3-,20-10-/t9-,14+,15+/m1/s1. The number of carbonyl (C=O) groups is 1. The van der Waals surface area contributed by atoms with Gasteiger partial charge in [-0.25, -0.2) is 4.79 Å². The van der Waals surface area contributed by atoms with Crippen molar-refractivity contribution in [3.8, 4) is 11.5 Å². The predicted octanol–water partition coefficient (Wildman–Crippen LogP) is 2.95. The Hall–Kier alpha value is -2.51. The summed E-state index contributed by atoms with van der Waals surface area (Å²) in [6.07, 6.45) is 6.68. The van der Waals surface area contributed by atoms with Gasteiger partial charge in [-0.1, -0.05) is 35.0 Å². The van der Waals surface area contributed by atoms with Crippen molar-refractivity contribution in [2.75, 3.05) is 0 Å². The van der Waals surface area contributed by atoms with Crippen molar-refractivity contribution < 1.29 is 29.7 Å². The first-order chi connectivity index (χ1) is 12.4. The van der Waals surface area contributed by atoms with Crippen LogP contribution >= 0.6 is 11.6 Å². The quantitative estimate of drug-likeness (QED) is 0.276. The summed E-state index contributed by atoms with van der Waals surface area (Å²) in [4.78, 5) is 12.6. The van der Waals surface area contributed by atoms with Crippen LogP contribution in [0.1, 0.15) is 29.3 Å². The van der Waals surface area contributed by atoms with Crippen molar-refractivity contribution in [1.29, 1.82) is 0 Å². The summed E-state index contributed by atoms with van der Waals surface area (Å²) >= 11 is 6.12. The highest BCUT2D eigenvalue weighted by Gasteiger charge is 2.38. The first kappa shape index (κ1) is 18.3. The minimum Gasteiger partial charge on any atom is -0.507 e. The van der Waals surface area contributed by atoms with E-state index in [1.807, 2.05) is 6.08 Å². The minimum atomic E-state index is -0.780. The summed E-state index contributed by atoms with van der Waals surface area (Å²) < 4.78 is 10.9. The van der Waals surface area contributed by atoms with E-state index < -0.39 is 17.8 Å². The SMILES string of the molecule is C[C@@H]1C[C@@H]2O[C@H]2\C=C/C=C/C(=N/O)Cc2c(Cl)c(O)cc(O)c2C(=O)O1. The van der Waals surface area contributed by atoms with Gasteiger partial charge in [-0.05, 0) is 18.6 Å². The number of fused-ring (bicyclic) bond motifs is 2. The Labute approximate surface area is 154 Å². The van der Waals surface area contributed by atoms with Crippen LogP contribution in [0.25, 0.3) is 0 Å². The van der Waals surface area contributed by atoms with Gasteiger partial charge in [0.1, 0.15) is 29.3 Å². The fraction of sp³-hybridized carbons (Fsp3) is 0.333. The van der Waals surface area contributed by atoms with E-state index in [9.17, 15) is 20.2 Å². The highest BCUT2D eigenvalue weighted by molar-refractivity contribution is 6.33. The largest absolute Gasteiger partial charge is 0.507 e. The summed E-state index contributed by atoms with van der Waals surface area (Å²) in [5, 5.41) is 32.3. The number of nitrogens with zero attached hydrogens (tertiary/aromatic N) is 1. The van der Waals surface area contributed by atoms with Gasteiger partial charge in [0.2, 0.25) is 0 Å². The number of rotatable bonds is 0. The maximum atomic E-state index is 12.6. The van der Waals surface area contributed by atoms with Crippen molar-refractivity contribution in [3.63, 3.8) is 0 Å². The van der Waals surface area contributed by atoms with E-state index in [-0.39, 0.29) is 46.2 Å². The Kier molecular flexibility index (Phi) is 5.20. The van der Waals surface area contributed by atoms with E-state index in [2.05, 4.69) is 5.16 Å². The van der Waals surface area contributed by atoms with Crippen LogP contribution in [0.5, 0.6) is 11.5 Å². The van der Waals surface area contributed by atoms with Crippen LogP contribution in [0.4, 0.5) is 0 Å². The second-order valence-corrected chi connectivity index (χ2v) is 6.56. The van der Waals surface area contributed by atoms with Crippen molar-refractivity contribution in [3.05, 3.63) is 46.5 Å². The molecule has 0 aliphatic carbocycles. The summed E-state index contributed by atoms with van der Waals surface area (Å²) in [5.74, 6) is -1.63. The number of benzene rings is 1. The van der Waals surface area contributed by atoms with E-state index in [1.54, 1.807) is 19.1 Å². The Morgan fingerprint density at radius 3 is 2.77 bits per heavy atom. The van der Waals surface area contributed by atoms with Crippen LogP contribution < -0.4 is 0 Å². The van der Waals surface area contributed by atoms with Crippen molar-refractivity contribution in [2.24, 2.45) is 5.16 Å².